The van der Waals surface area contributed by atoms with Gasteiger partial charge in [0.1, 0.15) is 5.82 Å². The van der Waals surface area contributed by atoms with Crippen LogP contribution in [0.1, 0.15) is 57.8 Å². The summed E-state index contributed by atoms with van der Waals surface area (Å²) in [5.74, 6) is 0.172. The van der Waals surface area contributed by atoms with Gasteiger partial charge in [-0.1, -0.05) is 55.3 Å². The van der Waals surface area contributed by atoms with Crippen LogP contribution in [0.3, 0.4) is 0 Å². The Morgan fingerprint density at radius 3 is 2.51 bits per heavy atom. The molecule has 2 N–H and O–H groups in total. The highest BCUT2D eigenvalue weighted by atomic mass is 16.2. The Hall–Kier alpha value is -4.26. The van der Waals surface area contributed by atoms with Crippen molar-refractivity contribution in [2.24, 2.45) is 0 Å². The summed E-state index contributed by atoms with van der Waals surface area (Å²) in [5.41, 5.74) is 2.82. The van der Waals surface area contributed by atoms with E-state index in [1.165, 1.54) is 0 Å². The number of aryl methyl sites for hydroxylation is 1. The molecule has 0 bridgehead atoms. The Morgan fingerprint density at radius 2 is 1.65 bits per heavy atom. The zero-order chi connectivity index (χ0) is 25.6. The maximum absolute atomic E-state index is 13.2. The van der Waals surface area contributed by atoms with Gasteiger partial charge in [-0.2, -0.15) is 0 Å². The zero-order valence-corrected chi connectivity index (χ0v) is 20.7. The van der Waals surface area contributed by atoms with Gasteiger partial charge in [0.05, 0.1) is 22.2 Å². The molecule has 1 aliphatic rings. The molecular weight excluding hydrogens is 464 g/mol. The number of hydrogen-bond donors (Lipinski definition) is 2. The van der Waals surface area contributed by atoms with Gasteiger partial charge in [-0.15, -0.1) is 0 Å². The molecule has 0 fully saturated rings. The number of aromatic nitrogens is 2. The Balaban J connectivity index is 1.33. The minimum absolute atomic E-state index is 0.0497. The molecule has 7 nitrogen and oxygen atoms in total. The third-order valence-corrected chi connectivity index (χ3v) is 6.79. The molecule has 1 aromatic heterocycles. The largest absolute Gasteiger partial charge is 0.352 e. The molecule has 37 heavy (non-hydrogen) atoms. The molecule has 4 aromatic rings. The minimum atomic E-state index is -0.361. The van der Waals surface area contributed by atoms with E-state index in [1.807, 2.05) is 30.3 Å². The van der Waals surface area contributed by atoms with Gasteiger partial charge in [0, 0.05) is 25.1 Å². The van der Waals surface area contributed by atoms with Gasteiger partial charge in [-0.05, 0) is 55.2 Å². The molecule has 0 unspecified atom stereocenters. The average Bonchev–Trinajstić information content (AvgIpc) is 2.90. The number of benzene rings is 3. The van der Waals surface area contributed by atoms with Crippen LogP contribution in [0.4, 0.5) is 5.69 Å². The number of carbonyl (C=O) groups excluding carboxylic acids is 2. The molecule has 0 aliphatic carbocycles. The Bertz CT molecular complexity index is 1490. The summed E-state index contributed by atoms with van der Waals surface area (Å²) in [4.78, 5) is 43.9. The lowest BCUT2D eigenvalue weighted by atomic mass is 10.1. The molecule has 2 heterocycles. The van der Waals surface area contributed by atoms with E-state index in [4.69, 9.17) is 4.98 Å². The fraction of sp³-hybridized carbons (Fsp3) is 0.267. The summed E-state index contributed by atoms with van der Waals surface area (Å²) in [6.45, 7) is 1.17. The van der Waals surface area contributed by atoms with Crippen molar-refractivity contribution in [2.75, 3.05) is 11.9 Å². The number of amides is 2. The molecule has 5 rings (SSSR count). The first-order valence-corrected chi connectivity index (χ1v) is 12.9. The quantitative estimate of drug-likeness (QED) is 0.405. The van der Waals surface area contributed by atoms with Crippen molar-refractivity contribution in [2.45, 2.75) is 45.1 Å². The molecule has 7 heteroatoms. The smallest absolute Gasteiger partial charge is 0.261 e. The van der Waals surface area contributed by atoms with E-state index in [0.717, 1.165) is 49.9 Å². The maximum atomic E-state index is 13.2. The lowest BCUT2D eigenvalue weighted by Crippen LogP contribution is -2.27. The van der Waals surface area contributed by atoms with Gasteiger partial charge in [-0.25, -0.2) is 4.98 Å². The molecule has 2 amide bonds. The SMILES string of the molecule is O=C(Nc1ccccc1C(=O)NCCc1ccccc1)c1ccc2c(=O)n3c(nc2c1)CCCCCC3. The normalized spacial score (nSPS) is 13.3. The second-order valence-corrected chi connectivity index (χ2v) is 9.37. The molecule has 0 spiro atoms. The van der Waals surface area contributed by atoms with Crippen LogP contribution in [0, 0.1) is 0 Å². The number of rotatable bonds is 6. The lowest BCUT2D eigenvalue weighted by molar-refractivity contribution is 0.0955. The second kappa shape index (κ2) is 11.2. The Morgan fingerprint density at radius 1 is 0.865 bits per heavy atom. The number of anilines is 1. The predicted octanol–water partition coefficient (Wildman–Crippen LogP) is 4.74. The van der Waals surface area contributed by atoms with Crippen molar-refractivity contribution in [3.05, 3.63) is 106 Å². The Kier molecular flexibility index (Phi) is 7.40. The van der Waals surface area contributed by atoms with Gasteiger partial charge < -0.3 is 10.6 Å². The molecule has 188 valence electrons. The topological polar surface area (TPSA) is 93.1 Å². The van der Waals surface area contributed by atoms with Crippen LogP contribution in [0.2, 0.25) is 0 Å². The molecule has 3 aromatic carbocycles. The van der Waals surface area contributed by atoms with Gasteiger partial charge in [0.2, 0.25) is 0 Å². The van der Waals surface area contributed by atoms with E-state index in [2.05, 4.69) is 10.6 Å². The van der Waals surface area contributed by atoms with Crippen LogP contribution in [0.15, 0.2) is 77.6 Å². The first-order chi connectivity index (χ1) is 18.1. The number of carbonyl (C=O) groups is 2. The van der Waals surface area contributed by atoms with E-state index >= 15 is 0 Å². The van der Waals surface area contributed by atoms with Crippen LogP contribution in [0.25, 0.3) is 10.9 Å². The van der Waals surface area contributed by atoms with Crippen molar-refractivity contribution >= 4 is 28.4 Å². The van der Waals surface area contributed by atoms with Crippen molar-refractivity contribution in [1.82, 2.24) is 14.9 Å². The van der Waals surface area contributed by atoms with Crippen LogP contribution < -0.4 is 16.2 Å². The number of nitrogens with zero attached hydrogens (tertiary/aromatic N) is 2. The van der Waals surface area contributed by atoms with Crippen LogP contribution >= 0.6 is 0 Å². The monoisotopic (exact) mass is 494 g/mol. The number of fused-ring (bicyclic) bond motifs is 2. The molecule has 0 radical (unpaired) electrons. The van der Waals surface area contributed by atoms with Gasteiger partial charge in [-0.3, -0.25) is 19.0 Å². The highest BCUT2D eigenvalue weighted by Crippen LogP contribution is 2.19. The summed E-state index contributed by atoms with van der Waals surface area (Å²) in [7, 11) is 0. The number of para-hydroxylation sites is 1. The van der Waals surface area contributed by atoms with Crippen molar-refractivity contribution < 1.29 is 9.59 Å². The van der Waals surface area contributed by atoms with Crippen LogP contribution in [0.5, 0.6) is 0 Å². The summed E-state index contributed by atoms with van der Waals surface area (Å²) >= 11 is 0. The summed E-state index contributed by atoms with van der Waals surface area (Å²) in [6.07, 6.45) is 5.70. The first kappa shape index (κ1) is 24.4. The van der Waals surface area contributed by atoms with Crippen molar-refractivity contribution in [3.8, 4) is 0 Å². The van der Waals surface area contributed by atoms with Gasteiger partial charge in [0.15, 0.2) is 0 Å². The molecule has 1 aliphatic heterocycles. The van der Waals surface area contributed by atoms with E-state index in [9.17, 15) is 14.4 Å². The second-order valence-electron chi connectivity index (χ2n) is 9.37. The molecule has 0 saturated carbocycles. The van der Waals surface area contributed by atoms with E-state index in [0.29, 0.717) is 40.8 Å². The summed E-state index contributed by atoms with van der Waals surface area (Å²) in [5, 5.41) is 6.31. The predicted molar refractivity (Wildman–Crippen MR) is 145 cm³/mol. The number of nitrogens with one attached hydrogen (secondary N) is 2. The molecule has 0 saturated heterocycles. The van der Waals surface area contributed by atoms with Gasteiger partial charge in [0.25, 0.3) is 17.4 Å². The standard InChI is InChI=1S/C30H30N4O3/c35-28(22-15-16-24-26(20-22)32-27-14-6-1-2-9-19-34(27)30(24)37)33-25-13-8-7-12-23(25)29(36)31-18-17-21-10-4-3-5-11-21/h3-5,7-8,10-13,15-16,20H,1-2,6,9,14,17-19H2,(H,31,36)(H,33,35). The third kappa shape index (κ3) is 5.61. The highest BCUT2D eigenvalue weighted by Gasteiger charge is 2.17. The summed E-state index contributed by atoms with van der Waals surface area (Å²) in [6, 6.07) is 21.9. The average molecular weight is 495 g/mol. The van der Waals surface area contributed by atoms with Crippen molar-refractivity contribution in [3.63, 3.8) is 0 Å². The molecule has 0 atom stereocenters. The third-order valence-electron chi connectivity index (χ3n) is 6.79. The van der Waals surface area contributed by atoms with E-state index < -0.39 is 0 Å². The van der Waals surface area contributed by atoms with Gasteiger partial charge >= 0.3 is 0 Å². The van der Waals surface area contributed by atoms with Crippen LogP contribution in [-0.4, -0.2) is 27.9 Å². The minimum Gasteiger partial charge on any atom is -0.352 e. The van der Waals surface area contributed by atoms with Crippen molar-refractivity contribution in [1.29, 1.82) is 0 Å². The fourth-order valence-electron chi connectivity index (χ4n) is 4.78. The lowest BCUT2D eigenvalue weighted by Gasteiger charge is -2.16. The van der Waals surface area contributed by atoms with E-state index in [1.54, 1.807) is 47.0 Å². The van der Waals surface area contributed by atoms with Crippen LogP contribution in [-0.2, 0) is 19.4 Å². The number of hydrogen-bond acceptors (Lipinski definition) is 4. The zero-order valence-electron chi connectivity index (χ0n) is 20.7. The fourth-order valence-corrected chi connectivity index (χ4v) is 4.78. The Labute approximate surface area is 215 Å². The summed E-state index contributed by atoms with van der Waals surface area (Å²) < 4.78 is 1.79. The maximum Gasteiger partial charge on any atom is 0.261 e. The van der Waals surface area contributed by atoms with E-state index in [-0.39, 0.29) is 17.4 Å². The highest BCUT2D eigenvalue weighted by molar-refractivity contribution is 6.10. The first-order valence-electron chi connectivity index (χ1n) is 12.9. The molecular formula is C30H30N4O3.